The standard InChI is InChI=1S/C20H26N2O4S/c1-15-12-16(2)14-22(13-15)27(24,25)19-7-5-17(6-8-19)20(23)21-10-9-18-4-3-11-26-18/h3-8,11,15-16H,9-10,12-14H2,1-2H3,(H,21,23)/t15-,16-/m1/s1. The van der Waals surface area contributed by atoms with E-state index < -0.39 is 10.0 Å². The monoisotopic (exact) mass is 390 g/mol. The van der Waals surface area contributed by atoms with Crippen LogP contribution < -0.4 is 5.32 Å². The Balaban J connectivity index is 1.62. The van der Waals surface area contributed by atoms with Crippen LogP contribution >= 0.6 is 0 Å². The number of carbonyl (C=O) groups is 1. The molecule has 6 nitrogen and oxygen atoms in total. The van der Waals surface area contributed by atoms with Crippen LogP contribution in [0.25, 0.3) is 0 Å². The maximum absolute atomic E-state index is 12.9. The fraction of sp³-hybridized carbons (Fsp3) is 0.450. The van der Waals surface area contributed by atoms with Crippen LogP contribution in [-0.4, -0.2) is 38.3 Å². The molecule has 2 atom stereocenters. The van der Waals surface area contributed by atoms with E-state index in [9.17, 15) is 13.2 Å². The zero-order valence-corrected chi connectivity index (χ0v) is 16.5. The highest BCUT2D eigenvalue weighted by atomic mass is 32.2. The molecule has 1 amide bonds. The van der Waals surface area contributed by atoms with Crippen LogP contribution in [0.5, 0.6) is 0 Å². The Hall–Kier alpha value is -2.12. The number of nitrogens with one attached hydrogen (secondary N) is 1. The van der Waals surface area contributed by atoms with Crippen LogP contribution in [0.4, 0.5) is 0 Å². The van der Waals surface area contributed by atoms with Gasteiger partial charge in [0.15, 0.2) is 0 Å². The van der Waals surface area contributed by atoms with Crippen molar-refractivity contribution in [3.63, 3.8) is 0 Å². The highest BCUT2D eigenvalue weighted by Crippen LogP contribution is 2.26. The molecule has 2 heterocycles. The smallest absolute Gasteiger partial charge is 0.251 e. The topological polar surface area (TPSA) is 79.6 Å². The number of nitrogens with zero attached hydrogens (tertiary/aromatic N) is 1. The molecule has 0 aliphatic carbocycles. The molecular formula is C20H26N2O4S. The summed E-state index contributed by atoms with van der Waals surface area (Å²) < 4.78 is 32.5. The Morgan fingerprint density at radius 3 is 2.41 bits per heavy atom. The molecule has 1 aliphatic heterocycles. The fourth-order valence-corrected chi connectivity index (χ4v) is 5.27. The average molecular weight is 391 g/mol. The Morgan fingerprint density at radius 1 is 1.15 bits per heavy atom. The van der Waals surface area contributed by atoms with Crippen molar-refractivity contribution in [2.75, 3.05) is 19.6 Å². The summed E-state index contributed by atoms with van der Waals surface area (Å²) in [4.78, 5) is 12.5. The molecule has 27 heavy (non-hydrogen) atoms. The van der Waals surface area contributed by atoms with E-state index in [-0.39, 0.29) is 10.8 Å². The summed E-state index contributed by atoms with van der Waals surface area (Å²) in [7, 11) is -3.53. The fourth-order valence-electron chi connectivity index (χ4n) is 3.59. The van der Waals surface area contributed by atoms with Crippen molar-refractivity contribution in [2.45, 2.75) is 31.6 Å². The first-order valence-corrected chi connectivity index (χ1v) is 10.7. The predicted molar refractivity (Wildman–Crippen MR) is 103 cm³/mol. The van der Waals surface area contributed by atoms with Gasteiger partial charge in [-0.15, -0.1) is 0 Å². The van der Waals surface area contributed by atoms with E-state index in [4.69, 9.17) is 4.42 Å². The summed E-state index contributed by atoms with van der Waals surface area (Å²) >= 11 is 0. The molecule has 1 fully saturated rings. The first kappa shape index (κ1) is 19.6. The van der Waals surface area contributed by atoms with Gasteiger partial charge >= 0.3 is 0 Å². The van der Waals surface area contributed by atoms with Gasteiger partial charge in [0.1, 0.15) is 5.76 Å². The minimum Gasteiger partial charge on any atom is -0.469 e. The van der Waals surface area contributed by atoms with Crippen LogP contribution in [-0.2, 0) is 16.4 Å². The lowest BCUT2D eigenvalue weighted by atomic mass is 9.94. The van der Waals surface area contributed by atoms with E-state index in [1.165, 1.54) is 12.1 Å². The summed E-state index contributed by atoms with van der Waals surface area (Å²) in [6.07, 6.45) is 3.25. The normalized spacial score (nSPS) is 21.1. The molecule has 146 valence electrons. The van der Waals surface area contributed by atoms with Gasteiger partial charge < -0.3 is 9.73 Å². The number of furan rings is 1. The largest absolute Gasteiger partial charge is 0.469 e. The molecule has 0 saturated carbocycles. The van der Waals surface area contributed by atoms with Crippen molar-refractivity contribution in [2.24, 2.45) is 11.8 Å². The van der Waals surface area contributed by atoms with Gasteiger partial charge in [-0.05, 0) is 54.7 Å². The second kappa shape index (κ2) is 8.27. The minimum absolute atomic E-state index is 0.231. The average Bonchev–Trinajstić information content (AvgIpc) is 3.14. The van der Waals surface area contributed by atoms with Crippen molar-refractivity contribution >= 4 is 15.9 Å². The van der Waals surface area contributed by atoms with E-state index in [0.717, 1.165) is 12.2 Å². The van der Waals surface area contributed by atoms with E-state index in [1.54, 1.807) is 28.8 Å². The number of hydrogen-bond acceptors (Lipinski definition) is 4. The molecule has 0 spiro atoms. The molecular weight excluding hydrogens is 364 g/mol. The second-order valence-electron chi connectivity index (χ2n) is 7.38. The van der Waals surface area contributed by atoms with Crippen LogP contribution in [0, 0.1) is 11.8 Å². The molecule has 0 unspecified atom stereocenters. The lowest BCUT2D eigenvalue weighted by Gasteiger charge is -2.34. The molecule has 0 radical (unpaired) electrons. The van der Waals surface area contributed by atoms with Gasteiger partial charge in [0.05, 0.1) is 11.2 Å². The molecule has 3 rings (SSSR count). The van der Waals surface area contributed by atoms with Crippen molar-refractivity contribution in [1.29, 1.82) is 0 Å². The number of sulfonamides is 1. The third-order valence-electron chi connectivity index (χ3n) is 4.83. The molecule has 7 heteroatoms. The third kappa shape index (κ3) is 4.78. The van der Waals surface area contributed by atoms with E-state index in [0.29, 0.717) is 43.5 Å². The molecule has 1 aromatic carbocycles. The van der Waals surface area contributed by atoms with Gasteiger partial charge in [0, 0.05) is 31.6 Å². The zero-order valence-electron chi connectivity index (χ0n) is 15.7. The lowest BCUT2D eigenvalue weighted by Crippen LogP contribution is -2.42. The number of carbonyl (C=O) groups excluding carboxylic acids is 1. The summed E-state index contributed by atoms with van der Waals surface area (Å²) in [5.41, 5.74) is 0.439. The maximum Gasteiger partial charge on any atom is 0.251 e. The van der Waals surface area contributed by atoms with Gasteiger partial charge in [-0.25, -0.2) is 8.42 Å². The van der Waals surface area contributed by atoms with Gasteiger partial charge in [-0.1, -0.05) is 13.8 Å². The van der Waals surface area contributed by atoms with Crippen molar-refractivity contribution in [3.05, 3.63) is 54.0 Å². The highest BCUT2D eigenvalue weighted by Gasteiger charge is 2.31. The Kier molecular flexibility index (Phi) is 6.01. The summed E-state index contributed by atoms with van der Waals surface area (Å²) in [6.45, 7) is 5.70. The maximum atomic E-state index is 12.9. The lowest BCUT2D eigenvalue weighted by molar-refractivity contribution is 0.0953. The number of hydrogen-bond donors (Lipinski definition) is 1. The molecule has 1 saturated heterocycles. The molecule has 0 bridgehead atoms. The van der Waals surface area contributed by atoms with Crippen molar-refractivity contribution in [1.82, 2.24) is 9.62 Å². The van der Waals surface area contributed by atoms with E-state index in [1.807, 2.05) is 6.07 Å². The summed E-state index contributed by atoms with van der Waals surface area (Å²) in [6, 6.07) is 9.81. The number of piperidine rings is 1. The van der Waals surface area contributed by atoms with E-state index in [2.05, 4.69) is 19.2 Å². The van der Waals surface area contributed by atoms with Crippen LogP contribution in [0.2, 0.25) is 0 Å². The molecule has 1 N–H and O–H groups in total. The minimum atomic E-state index is -3.53. The molecule has 1 aliphatic rings. The number of rotatable bonds is 6. The Bertz CT molecular complexity index is 850. The van der Waals surface area contributed by atoms with Crippen molar-refractivity contribution < 1.29 is 17.6 Å². The van der Waals surface area contributed by atoms with Gasteiger partial charge in [-0.2, -0.15) is 4.31 Å². The Morgan fingerprint density at radius 2 is 1.81 bits per heavy atom. The first-order valence-electron chi connectivity index (χ1n) is 9.27. The zero-order chi connectivity index (χ0) is 19.4. The number of benzene rings is 1. The van der Waals surface area contributed by atoms with E-state index >= 15 is 0 Å². The van der Waals surface area contributed by atoms with Crippen LogP contribution in [0.1, 0.15) is 36.4 Å². The molecule has 1 aromatic heterocycles. The van der Waals surface area contributed by atoms with Crippen molar-refractivity contribution in [3.8, 4) is 0 Å². The highest BCUT2D eigenvalue weighted by molar-refractivity contribution is 7.89. The quantitative estimate of drug-likeness (QED) is 0.822. The third-order valence-corrected chi connectivity index (χ3v) is 6.67. The van der Waals surface area contributed by atoms with Gasteiger partial charge in [-0.3, -0.25) is 4.79 Å². The second-order valence-corrected chi connectivity index (χ2v) is 9.32. The van der Waals surface area contributed by atoms with Crippen LogP contribution in [0.3, 0.4) is 0 Å². The van der Waals surface area contributed by atoms with Gasteiger partial charge in [0.25, 0.3) is 5.91 Å². The molecule has 2 aromatic rings. The van der Waals surface area contributed by atoms with Crippen LogP contribution in [0.15, 0.2) is 52.0 Å². The summed E-state index contributed by atoms with van der Waals surface area (Å²) in [5, 5.41) is 2.81. The SMILES string of the molecule is C[C@@H]1C[C@@H](C)CN(S(=O)(=O)c2ccc(C(=O)NCCc3ccco3)cc2)C1. The summed E-state index contributed by atoms with van der Waals surface area (Å²) in [5.74, 6) is 1.28. The predicted octanol–water partition coefficient (Wildman–Crippen LogP) is 2.92. The number of amides is 1. The van der Waals surface area contributed by atoms with Gasteiger partial charge in [0.2, 0.25) is 10.0 Å². The Labute approximate surface area is 160 Å². The first-order chi connectivity index (χ1) is 12.9.